The molecule has 0 atom stereocenters. The number of rotatable bonds is 1. The van der Waals surface area contributed by atoms with Gasteiger partial charge in [0.1, 0.15) is 11.5 Å². The van der Waals surface area contributed by atoms with Gasteiger partial charge in [0.15, 0.2) is 0 Å². The monoisotopic (exact) mass is 239 g/mol. The quantitative estimate of drug-likeness (QED) is 0.802. The number of hydrogen-bond donors (Lipinski definition) is 2. The minimum atomic E-state index is 0.124. The molecule has 18 heavy (non-hydrogen) atoms. The molecule has 0 saturated heterocycles. The fourth-order valence-corrected chi connectivity index (χ4v) is 1.95. The van der Waals surface area contributed by atoms with Crippen LogP contribution in [0.3, 0.4) is 0 Å². The van der Waals surface area contributed by atoms with Crippen LogP contribution in [0.25, 0.3) is 11.1 Å². The average Bonchev–Trinajstić information content (AvgIpc) is 2.36. The van der Waals surface area contributed by atoms with Crippen LogP contribution in [0, 0.1) is 25.2 Å². The molecule has 0 amide bonds. The van der Waals surface area contributed by atoms with Gasteiger partial charge in [-0.3, -0.25) is 0 Å². The van der Waals surface area contributed by atoms with E-state index in [1.807, 2.05) is 6.07 Å². The number of phenolic OH excluding ortho intramolecular Hbond substituents is 2. The summed E-state index contributed by atoms with van der Waals surface area (Å²) in [4.78, 5) is 0. The highest BCUT2D eigenvalue weighted by molar-refractivity contribution is 5.73. The van der Waals surface area contributed by atoms with Gasteiger partial charge < -0.3 is 10.2 Å². The first kappa shape index (κ1) is 12.0. The van der Waals surface area contributed by atoms with E-state index in [1.165, 1.54) is 6.07 Å². The molecule has 0 saturated carbocycles. The number of nitrogens with zero attached hydrogens (tertiary/aromatic N) is 1. The summed E-state index contributed by atoms with van der Waals surface area (Å²) in [6.45, 7) is 3.61. The number of aromatic hydroxyl groups is 2. The highest BCUT2D eigenvalue weighted by Crippen LogP contribution is 2.34. The molecule has 2 rings (SSSR count). The number of nitriles is 1. The van der Waals surface area contributed by atoms with Gasteiger partial charge in [-0.2, -0.15) is 5.26 Å². The van der Waals surface area contributed by atoms with Crippen molar-refractivity contribution in [2.75, 3.05) is 0 Å². The molecule has 0 aromatic heterocycles. The van der Waals surface area contributed by atoms with Crippen molar-refractivity contribution in [2.45, 2.75) is 13.8 Å². The number of hydrogen-bond acceptors (Lipinski definition) is 3. The molecule has 2 aromatic carbocycles. The summed E-state index contributed by atoms with van der Waals surface area (Å²) in [5, 5.41) is 28.5. The highest BCUT2D eigenvalue weighted by atomic mass is 16.3. The molecular weight excluding hydrogens is 226 g/mol. The first-order chi connectivity index (χ1) is 8.52. The Morgan fingerprint density at radius 1 is 1.00 bits per heavy atom. The summed E-state index contributed by atoms with van der Waals surface area (Å²) in [5.74, 6) is 0.383. The van der Waals surface area contributed by atoms with Crippen LogP contribution in [-0.4, -0.2) is 10.2 Å². The van der Waals surface area contributed by atoms with E-state index in [9.17, 15) is 10.2 Å². The summed E-state index contributed by atoms with van der Waals surface area (Å²) >= 11 is 0. The van der Waals surface area contributed by atoms with E-state index in [4.69, 9.17) is 5.26 Å². The van der Waals surface area contributed by atoms with Gasteiger partial charge in [-0.05, 0) is 60.9 Å². The van der Waals surface area contributed by atoms with Crippen molar-refractivity contribution >= 4 is 0 Å². The van der Waals surface area contributed by atoms with Crippen LogP contribution in [0.1, 0.15) is 16.7 Å². The average molecular weight is 239 g/mol. The Morgan fingerprint density at radius 3 is 2.17 bits per heavy atom. The zero-order valence-electron chi connectivity index (χ0n) is 10.2. The molecular formula is C15H13NO2. The molecule has 2 N–H and O–H groups in total. The van der Waals surface area contributed by atoms with Gasteiger partial charge >= 0.3 is 0 Å². The van der Waals surface area contributed by atoms with Gasteiger partial charge in [-0.1, -0.05) is 0 Å². The normalized spacial score (nSPS) is 10.1. The molecule has 0 heterocycles. The maximum atomic E-state index is 9.86. The van der Waals surface area contributed by atoms with Crippen molar-refractivity contribution in [3.63, 3.8) is 0 Å². The zero-order chi connectivity index (χ0) is 13.3. The van der Waals surface area contributed by atoms with Gasteiger partial charge in [0.25, 0.3) is 0 Å². The van der Waals surface area contributed by atoms with Crippen molar-refractivity contribution in [3.8, 4) is 28.7 Å². The van der Waals surface area contributed by atoms with Crippen molar-refractivity contribution < 1.29 is 10.2 Å². The van der Waals surface area contributed by atoms with Gasteiger partial charge in [0.2, 0.25) is 0 Å². The van der Waals surface area contributed by atoms with Crippen LogP contribution in [-0.2, 0) is 0 Å². The lowest BCUT2D eigenvalue weighted by atomic mass is 9.98. The molecule has 3 nitrogen and oxygen atoms in total. The molecule has 3 heteroatoms. The molecule has 0 unspecified atom stereocenters. The fraction of sp³-hybridized carbons (Fsp3) is 0.133. The second kappa shape index (κ2) is 4.42. The van der Waals surface area contributed by atoms with E-state index >= 15 is 0 Å². The van der Waals surface area contributed by atoms with Gasteiger partial charge in [-0.15, -0.1) is 0 Å². The van der Waals surface area contributed by atoms with Crippen LogP contribution in [0.4, 0.5) is 0 Å². The van der Waals surface area contributed by atoms with Crippen molar-refractivity contribution in [2.24, 2.45) is 0 Å². The second-order valence-electron chi connectivity index (χ2n) is 4.30. The van der Waals surface area contributed by atoms with Crippen molar-refractivity contribution in [1.29, 1.82) is 5.26 Å². The van der Waals surface area contributed by atoms with Crippen LogP contribution in [0.2, 0.25) is 0 Å². The predicted octanol–water partition coefficient (Wildman–Crippen LogP) is 3.25. The molecule has 0 aliphatic rings. The minimum Gasteiger partial charge on any atom is -0.507 e. The first-order valence-electron chi connectivity index (χ1n) is 5.56. The van der Waals surface area contributed by atoms with E-state index in [1.54, 1.807) is 38.1 Å². The third-order valence-electron chi connectivity index (χ3n) is 2.93. The van der Waals surface area contributed by atoms with E-state index in [2.05, 4.69) is 0 Å². The maximum absolute atomic E-state index is 9.86. The Balaban J connectivity index is 2.66. The van der Waals surface area contributed by atoms with E-state index in [0.717, 1.165) is 16.7 Å². The van der Waals surface area contributed by atoms with Crippen LogP contribution < -0.4 is 0 Å². The lowest BCUT2D eigenvalue weighted by molar-refractivity contribution is 0.466. The standard InChI is InChI=1S/C15H13NO2/c1-9-5-12(6-10(2)15(9)18)13-7-11(8-16)3-4-14(13)17/h3-7,17-18H,1-2H3. The molecule has 90 valence electrons. The number of aryl methyl sites for hydroxylation is 2. The minimum absolute atomic E-state index is 0.124. The third kappa shape index (κ3) is 2.01. The molecule has 0 fully saturated rings. The zero-order valence-corrected chi connectivity index (χ0v) is 10.2. The number of phenols is 2. The largest absolute Gasteiger partial charge is 0.507 e. The van der Waals surface area contributed by atoms with Crippen molar-refractivity contribution in [3.05, 3.63) is 47.0 Å². The lowest BCUT2D eigenvalue weighted by Gasteiger charge is -2.10. The summed E-state index contributed by atoms with van der Waals surface area (Å²) in [6, 6.07) is 10.3. The van der Waals surface area contributed by atoms with Gasteiger partial charge in [-0.25, -0.2) is 0 Å². The SMILES string of the molecule is Cc1cc(-c2cc(C#N)ccc2O)cc(C)c1O. The van der Waals surface area contributed by atoms with Gasteiger partial charge in [0, 0.05) is 5.56 Å². The van der Waals surface area contributed by atoms with E-state index in [-0.39, 0.29) is 11.5 Å². The van der Waals surface area contributed by atoms with Crippen LogP contribution in [0.5, 0.6) is 11.5 Å². The van der Waals surface area contributed by atoms with E-state index in [0.29, 0.717) is 11.1 Å². The molecule has 0 bridgehead atoms. The topological polar surface area (TPSA) is 64.2 Å². The maximum Gasteiger partial charge on any atom is 0.123 e. The number of benzene rings is 2. The Morgan fingerprint density at radius 2 is 1.61 bits per heavy atom. The lowest BCUT2D eigenvalue weighted by Crippen LogP contribution is -1.86. The summed E-state index contributed by atoms with van der Waals surface area (Å²) in [5.41, 5.74) is 3.36. The summed E-state index contributed by atoms with van der Waals surface area (Å²) in [6.07, 6.45) is 0. The second-order valence-corrected chi connectivity index (χ2v) is 4.30. The van der Waals surface area contributed by atoms with Gasteiger partial charge in [0.05, 0.1) is 11.6 Å². The Bertz CT molecular complexity index is 631. The molecule has 0 aliphatic carbocycles. The first-order valence-corrected chi connectivity index (χ1v) is 5.56. The fourth-order valence-electron chi connectivity index (χ4n) is 1.95. The molecule has 0 aliphatic heterocycles. The predicted molar refractivity (Wildman–Crippen MR) is 69.4 cm³/mol. The molecule has 0 spiro atoms. The highest BCUT2D eigenvalue weighted by Gasteiger charge is 2.09. The van der Waals surface area contributed by atoms with Crippen LogP contribution in [0.15, 0.2) is 30.3 Å². The van der Waals surface area contributed by atoms with Crippen molar-refractivity contribution in [1.82, 2.24) is 0 Å². The van der Waals surface area contributed by atoms with Crippen LogP contribution >= 0.6 is 0 Å². The summed E-state index contributed by atoms with van der Waals surface area (Å²) in [7, 11) is 0. The smallest absolute Gasteiger partial charge is 0.123 e. The Hall–Kier alpha value is -2.47. The third-order valence-corrected chi connectivity index (χ3v) is 2.93. The van der Waals surface area contributed by atoms with E-state index < -0.39 is 0 Å². The molecule has 2 aromatic rings. The Labute approximate surface area is 106 Å². The Kier molecular flexibility index (Phi) is 2.95. The molecule has 0 radical (unpaired) electrons. The summed E-state index contributed by atoms with van der Waals surface area (Å²) < 4.78 is 0.